The maximum atomic E-state index is 13.9. The average molecular weight is 326 g/mol. The number of carbonyl (C=O) groups excluding carboxylic acids is 1. The zero-order valence-corrected chi connectivity index (χ0v) is 13.4. The van der Waals surface area contributed by atoms with Gasteiger partial charge in [0.15, 0.2) is 0 Å². The maximum Gasteiger partial charge on any atom is 0.272 e. The van der Waals surface area contributed by atoms with Gasteiger partial charge in [0.25, 0.3) is 5.91 Å². The Labute approximate surface area is 140 Å². The number of rotatable bonds is 3. The number of nitrogens with zero attached hydrogens (tertiary/aromatic N) is 4. The maximum absolute atomic E-state index is 13.9. The van der Waals surface area contributed by atoms with Crippen LogP contribution < -0.4 is 4.90 Å². The first-order chi connectivity index (χ1) is 11.7. The standard InChI is InChI=1S/C18H19FN4O/c19-14-3-1-2-4-17(14)22-7-9-23(10-8-22)18(24)16-11-15(13-5-6-13)20-12-21-16/h1-4,11-13H,5-10H2. The van der Waals surface area contributed by atoms with Crippen molar-refractivity contribution in [1.82, 2.24) is 14.9 Å². The van der Waals surface area contributed by atoms with Gasteiger partial charge >= 0.3 is 0 Å². The van der Waals surface area contributed by atoms with Crippen LogP contribution in [0.2, 0.25) is 0 Å². The monoisotopic (exact) mass is 326 g/mol. The largest absolute Gasteiger partial charge is 0.366 e. The number of hydrogen-bond donors (Lipinski definition) is 0. The van der Waals surface area contributed by atoms with Crippen molar-refractivity contribution in [3.63, 3.8) is 0 Å². The van der Waals surface area contributed by atoms with E-state index < -0.39 is 0 Å². The van der Waals surface area contributed by atoms with Crippen LogP contribution in [0.4, 0.5) is 10.1 Å². The Bertz CT molecular complexity index is 754. The van der Waals surface area contributed by atoms with Gasteiger partial charge in [-0.05, 0) is 31.0 Å². The van der Waals surface area contributed by atoms with E-state index in [4.69, 9.17) is 0 Å². The van der Waals surface area contributed by atoms with Gasteiger partial charge < -0.3 is 9.80 Å². The number of carbonyl (C=O) groups is 1. The number of amides is 1. The van der Waals surface area contributed by atoms with E-state index in [1.165, 1.54) is 12.4 Å². The van der Waals surface area contributed by atoms with Crippen LogP contribution in [-0.2, 0) is 0 Å². The highest BCUT2D eigenvalue weighted by Gasteiger charge is 2.28. The minimum absolute atomic E-state index is 0.0625. The van der Waals surface area contributed by atoms with Gasteiger partial charge in [-0.1, -0.05) is 12.1 Å². The van der Waals surface area contributed by atoms with Crippen LogP contribution in [0, 0.1) is 5.82 Å². The van der Waals surface area contributed by atoms with Crippen molar-refractivity contribution in [2.24, 2.45) is 0 Å². The number of para-hydroxylation sites is 1. The molecule has 0 bridgehead atoms. The van der Waals surface area contributed by atoms with Gasteiger partial charge in [0, 0.05) is 37.8 Å². The lowest BCUT2D eigenvalue weighted by molar-refractivity contribution is 0.0740. The summed E-state index contributed by atoms with van der Waals surface area (Å²) in [4.78, 5) is 24.8. The fourth-order valence-corrected chi connectivity index (χ4v) is 3.11. The van der Waals surface area contributed by atoms with Crippen LogP contribution in [0.1, 0.15) is 34.9 Å². The zero-order valence-electron chi connectivity index (χ0n) is 13.4. The van der Waals surface area contributed by atoms with Crippen molar-refractivity contribution in [1.29, 1.82) is 0 Å². The Morgan fingerprint density at radius 2 is 1.83 bits per heavy atom. The number of benzene rings is 1. The Morgan fingerprint density at radius 1 is 1.08 bits per heavy atom. The summed E-state index contributed by atoms with van der Waals surface area (Å²) in [6.45, 7) is 2.37. The van der Waals surface area contributed by atoms with Crippen LogP contribution in [0.5, 0.6) is 0 Å². The molecule has 0 N–H and O–H groups in total. The SMILES string of the molecule is O=C(c1cc(C2CC2)ncn1)N1CCN(c2ccccc2F)CC1. The van der Waals surface area contributed by atoms with E-state index in [9.17, 15) is 9.18 Å². The summed E-state index contributed by atoms with van der Waals surface area (Å²) in [5.74, 6) is 0.215. The van der Waals surface area contributed by atoms with E-state index in [1.807, 2.05) is 17.0 Å². The minimum atomic E-state index is -0.220. The zero-order chi connectivity index (χ0) is 16.5. The van der Waals surface area contributed by atoms with Gasteiger partial charge in [-0.3, -0.25) is 4.79 Å². The molecule has 1 aliphatic carbocycles. The molecule has 24 heavy (non-hydrogen) atoms. The highest BCUT2D eigenvalue weighted by Crippen LogP contribution is 2.38. The predicted molar refractivity (Wildman–Crippen MR) is 88.5 cm³/mol. The lowest BCUT2D eigenvalue weighted by Crippen LogP contribution is -2.49. The molecule has 1 saturated heterocycles. The van der Waals surface area contributed by atoms with Gasteiger partial charge in [0.05, 0.1) is 5.69 Å². The summed E-state index contributed by atoms with van der Waals surface area (Å²) in [7, 11) is 0. The molecule has 1 amide bonds. The third-order valence-electron chi connectivity index (χ3n) is 4.66. The van der Waals surface area contributed by atoms with Crippen molar-refractivity contribution in [3.8, 4) is 0 Å². The second-order valence-electron chi connectivity index (χ2n) is 6.33. The van der Waals surface area contributed by atoms with Crippen LogP contribution in [0.3, 0.4) is 0 Å². The van der Waals surface area contributed by atoms with Crippen LogP contribution in [0.15, 0.2) is 36.7 Å². The normalized spacial score (nSPS) is 17.9. The Morgan fingerprint density at radius 3 is 2.54 bits per heavy atom. The van der Waals surface area contributed by atoms with Gasteiger partial charge in [-0.15, -0.1) is 0 Å². The molecule has 2 heterocycles. The molecule has 6 heteroatoms. The Balaban J connectivity index is 1.43. The molecule has 0 unspecified atom stereocenters. The van der Waals surface area contributed by atoms with Gasteiger partial charge in [-0.2, -0.15) is 0 Å². The number of anilines is 1. The number of halogens is 1. The van der Waals surface area contributed by atoms with Crippen molar-refractivity contribution in [2.75, 3.05) is 31.1 Å². The van der Waals surface area contributed by atoms with E-state index in [1.54, 1.807) is 17.0 Å². The van der Waals surface area contributed by atoms with Crippen molar-refractivity contribution < 1.29 is 9.18 Å². The molecule has 1 aromatic heterocycles. The van der Waals surface area contributed by atoms with Crippen molar-refractivity contribution in [2.45, 2.75) is 18.8 Å². The van der Waals surface area contributed by atoms with Crippen molar-refractivity contribution >= 4 is 11.6 Å². The molecule has 5 nitrogen and oxygen atoms in total. The van der Waals surface area contributed by atoms with Gasteiger partial charge in [0.2, 0.25) is 0 Å². The van der Waals surface area contributed by atoms with E-state index in [0.29, 0.717) is 43.5 Å². The van der Waals surface area contributed by atoms with Gasteiger partial charge in [-0.25, -0.2) is 14.4 Å². The smallest absolute Gasteiger partial charge is 0.272 e. The second-order valence-corrected chi connectivity index (χ2v) is 6.33. The summed E-state index contributed by atoms with van der Waals surface area (Å²) in [5.41, 5.74) is 2.03. The molecule has 1 saturated carbocycles. The van der Waals surface area contributed by atoms with E-state index in [0.717, 1.165) is 18.5 Å². The molecular formula is C18H19FN4O. The van der Waals surface area contributed by atoms with E-state index >= 15 is 0 Å². The third kappa shape index (κ3) is 2.96. The Kier molecular flexibility index (Phi) is 3.88. The summed E-state index contributed by atoms with van der Waals surface area (Å²) >= 11 is 0. The molecule has 2 aliphatic rings. The molecular weight excluding hydrogens is 307 g/mol. The molecule has 4 rings (SSSR count). The highest BCUT2D eigenvalue weighted by atomic mass is 19.1. The second kappa shape index (κ2) is 6.19. The molecule has 2 fully saturated rings. The Hall–Kier alpha value is -2.50. The first-order valence-corrected chi connectivity index (χ1v) is 8.33. The molecule has 0 radical (unpaired) electrons. The van der Waals surface area contributed by atoms with E-state index in [-0.39, 0.29) is 11.7 Å². The van der Waals surface area contributed by atoms with Gasteiger partial charge in [0.1, 0.15) is 17.8 Å². The fourth-order valence-electron chi connectivity index (χ4n) is 3.11. The number of piperazine rings is 1. The summed E-state index contributed by atoms with van der Waals surface area (Å²) in [5, 5.41) is 0. The highest BCUT2D eigenvalue weighted by molar-refractivity contribution is 5.92. The summed E-state index contributed by atoms with van der Waals surface area (Å²) in [6.07, 6.45) is 3.77. The molecule has 1 aliphatic heterocycles. The first-order valence-electron chi connectivity index (χ1n) is 8.33. The topological polar surface area (TPSA) is 49.3 Å². The molecule has 0 spiro atoms. The third-order valence-corrected chi connectivity index (χ3v) is 4.66. The minimum Gasteiger partial charge on any atom is -0.366 e. The van der Waals surface area contributed by atoms with Crippen LogP contribution in [-0.4, -0.2) is 47.0 Å². The summed E-state index contributed by atoms with van der Waals surface area (Å²) in [6, 6.07) is 8.58. The van der Waals surface area contributed by atoms with Crippen LogP contribution in [0.25, 0.3) is 0 Å². The van der Waals surface area contributed by atoms with E-state index in [2.05, 4.69) is 9.97 Å². The first kappa shape index (κ1) is 15.1. The lowest BCUT2D eigenvalue weighted by atomic mass is 10.2. The van der Waals surface area contributed by atoms with Crippen molar-refractivity contribution in [3.05, 3.63) is 53.9 Å². The predicted octanol–water partition coefficient (Wildman–Crippen LogP) is 2.46. The quantitative estimate of drug-likeness (QED) is 0.869. The fraction of sp³-hybridized carbons (Fsp3) is 0.389. The van der Waals surface area contributed by atoms with Crippen LogP contribution >= 0.6 is 0 Å². The molecule has 0 atom stereocenters. The lowest BCUT2D eigenvalue weighted by Gasteiger charge is -2.36. The number of hydrogen-bond acceptors (Lipinski definition) is 4. The number of aromatic nitrogens is 2. The average Bonchev–Trinajstić information content (AvgIpc) is 3.47. The molecule has 1 aromatic carbocycles. The molecule has 124 valence electrons. The molecule has 2 aromatic rings. The summed E-state index contributed by atoms with van der Waals surface area (Å²) < 4.78 is 13.9.